The molecule has 0 atom stereocenters. The van der Waals surface area contributed by atoms with Gasteiger partial charge in [-0.15, -0.1) is 0 Å². The predicted octanol–water partition coefficient (Wildman–Crippen LogP) is 4.27. The van der Waals surface area contributed by atoms with Crippen molar-refractivity contribution in [3.05, 3.63) is 53.6 Å². The van der Waals surface area contributed by atoms with E-state index in [1.165, 1.54) is 11.1 Å². The standard InChI is InChI=1S/C16H20N2/c1-3-7-13-9-4-5-11-15(13)18-16-12(2)8-6-10-14(16)17/h4-6,8-11,18H,3,7,17H2,1-2H3. The number of rotatable bonds is 4. The molecule has 0 bridgehead atoms. The summed E-state index contributed by atoms with van der Waals surface area (Å²) in [7, 11) is 0. The second kappa shape index (κ2) is 5.58. The third-order valence-corrected chi connectivity index (χ3v) is 3.10. The van der Waals surface area contributed by atoms with Crippen molar-refractivity contribution in [2.75, 3.05) is 11.1 Å². The first-order valence-electron chi connectivity index (χ1n) is 6.42. The lowest BCUT2D eigenvalue weighted by atomic mass is 10.1. The van der Waals surface area contributed by atoms with Crippen molar-refractivity contribution in [1.29, 1.82) is 0 Å². The van der Waals surface area contributed by atoms with Crippen LogP contribution in [-0.2, 0) is 6.42 Å². The third kappa shape index (κ3) is 2.65. The zero-order valence-corrected chi connectivity index (χ0v) is 11.0. The predicted molar refractivity (Wildman–Crippen MR) is 79.3 cm³/mol. The van der Waals surface area contributed by atoms with Gasteiger partial charge in [0.2, 0.25) is 0 Å². The second-order valence-electron chi connectivity index (χ2n) is 4.57. The van der Waals surface area contributed by atoms with E-state index in [2.05, 4.69) is 49.5 Å². The largest absolute Gasteiger partial charge is 0.397 e. The molecule has 0 fully saturated rings. The maximum atomic E-state index is 6.03. The van der Waals surface area contributed by atoms with Gasteiger partial charge in [0.15, 0.2) is 0 Å². The molecule has 2 aromatic rings. The van der Waals surface area contributed by atoms with Crippen molar-refractivity contribution in [3.63, 3.8) is 0 Å². The summed E-state index contributed by atoms with van der Waals surface area (Å²) >= 11 is 0. The van der Waals surface area contributed by atoms with Crippen LogP contribution in [0.3, 0.4) is 0 Å². The van der Waals surface area contributed by atoms with Crippen LogP contribution < -0.4 is 11.1 Å². The summed E-state index contributed by atoms with van der Waals surface area (Å²) in [6.07, 6.45) is 2.22. The molecule has 3 N–H and O–H groups in total. The van der Waals surface area contributed by atoms with Crippen molar-refractivity contribution in [1.82, 2.24) is 0 Å². The van der Waals surface area contributed by atoms with Gasteiger partial charge >= 0.3 is 0 Å². The van der Waals surface area contributed by atoms with Crippen molar-refractivity contribution in [2.45, 2.75) is 26.7 Å². The van der Waals surface area contributed by atoms with Crippen LogP contribution in [0.15, 0.2) is 42.5 Å². The number of nitrogens with one attached hydrogen (secondary N) is 1. The molecule has 0 spiro atoms. The molecular weight excluding hydrogens is 220 g/mol. The number of para-hydroxylation sites is 2. The van der Waals surface area contributed by atoms with Crippen LogP contribution in [0.1, 0.15) is 24.5 Å². The van der Waals surface area contributed by atoms with E-state index >= 15 is 0 Å². The van der Waals surface area contributed by atoms with E-state index < -0.39 is 0 Å². The number of hydrogen-bond donors (Lipinski definition) is 2. The van der Waals surface area contributed by atoms with Crippen LogP contribution in [0, 0.1) is 6.92 Å². The van der Waals surface area contributed by atoms with E-state index in [0.29, 0.717) is 0 Å². The number of anilines is 3. The lowest BCUT2D eigenvalue weighted by molar-refractivity contribution is 0.923. The average Bonchev–Trinajstić information content (AvgIpc) is 2.36. The van der Waals surface area contributed by atoms with E-state index in [-0.39, 0.29) is 0 Å². The molecular formula is C16H20N2. The Bertz CT molecular complexity index is 512. The Morgan fingerprint density at radius 3 is 2.56 bits per heavy atom. The first kappa shape index (κ1) is 12.5. The van der Waals surface area contributed by atoms with E-state index in [4.69, 9.17) is 5.73 Å². The van der Waals surface area contributed by atoms with Crippen LogP contribution in [0.25, 0.3) is 0 Å². The van der Waals surface area contributed by atoms with Crippen molar-refractivity contribution in [3.8, 4) is 0 Å². The monoisotopic (exact) mass is 240 g/mol. The van der Waals surface area contributed by atoms with Gasteiger partial charge in [-0.3, -0.25) is 0 Å². The molecule has 0 aliphatic rings. The van der Waals surface area contributed by atoms with Gasteiger partial charge in [0.05, 0.1) is 11.4 Å². The molecule has 2 aromatic carbocycles. The molecule has 94 valence electrons. The van der Waals surface area contributed by atoms with Gasteiger partial charge in [0.25, 0.3) is 0 Å². The molecule has 2 rings (SSSR count). The first-order chi connectivity index (χ1) is 8.72. The SMILES string of the molecule is CCCc1ccccc1Nc1c(C)cccc1N. The highest BCUT2D eigenvalue weighted by Gasteiger charge is 2.05. The Morgan fingerprint density at radius 2 is 1.83 bits per heavy atom. The zero-order valence-electron chi connectivity index (χ0n) is 11.0. The van der Waals surface area contributed by atoms with Gasteiger partial charge in [0.1, 0.15) is 0 Å². The molecule has 0 aliphatic heterocycles. The Kier molecular flexibility index (Phi) is 3.88. The average molecular weight is 240 g/mol. The molecule has 2 nitrogen and oxygen atoms in total. The van der Waals surface area contributed by atoms with Crippen LogP contribution in [0.5, 0.6) is 0 Å². The molecule has 2 heteroatoms. The first-order valence-corrected chi connectivity index (χ1v) is 6.42. The van der Waals surface area contributed by atoms with Crippen molar-refractivity contribution in [2.24, 2.45) is 0 Å². The molecule has 0 heterocycles. The topological polar surface area (TPSA) is 38.0 Å². The number of nitrogens with two attached hydrogens (primary N) is 1. The quantitative estimate of drug-likeness (QED) is 0.783. The molecule has 0 aliphatic carbocycles. The lowest BCUT2D eigenvalue weighted by Crippen LogP contribution is -2.01. The van der Waals surface area contributed by atoms with Gasteiger partial charge in [-0.25, -0.2) is 0 Å². The molecule has 0 radical (unpaired) electrons. The number of hydrogen-bond acceptors (Lipinski definition) is 2. The Balaban J connectivity index is 2.34. The third-order valence-electron chi connectivity index (χ3n) is 3.10. The van der Waals surface area contributed by atoms with Crippen molar-refractivity contribution < 1.29 is 0 Å². The van der Waals surface area contributed by atoms with E-state index in [1.807, 2.05) is 12.1 Å². The molecule has 18 heavy (non-hydrogen) atoms. The highest BCUT2D eigenvalue weighted by molar-refractivity contribution is 5.76. The van der Waals surface area contributed by atoms with Crippen LogP contribution >= 0.6 is 0 Å². The van der Waals surface area contributed by atoms with Gasteiger partial charge in [0, 0.05) is 5.69 Å². The summed E-state index contributed by atoms with van der Waals surface area (Å²) in [6, 6.07) is 14.4. The van der Waals surface area contributed by atoms with Crippen LogP contribution in [0.2, 0.25) is 0 Å². The fourth-order valence-electron chi connectivity index (χ4n) is 2.13. The van der Waals surface area contributed by atoms with Gasteiger partial charge in [-0.1, -0.05) is 43.7 Å². The smallest absolute Gasteiger partial charge is 0.0647 e. The fraction of sp³-hybridized carbons (Fsp3) is 0.250. The summed E-state index contributed by atoms with van der Waals surface area (Å²) in [4.78, 5) is 0. The molecule has 0 unspecified atom stereocenters. The molecule has 0 amide bonds. The van der Waals surface area contributed by atoms with Gasteiger partial charge in [-0.05, 0) is 36.6 Å². The number of benzene rings is 2. The zero-order chi connectivity index (χ0) is 13.0. The van der Waals surface area contributed by atoms with Crippen molar-refractivity contribution >= 4 is 17.1 Å². The van der Waals surface area contributed by atoms with Crippen LogP contribution in [-0.4, -0.2) is 0 Å². The number of nitrogen functional groups attached to an aromatic ring is 1. The fourth-order valence-corrected chi connectivity index (χ4v) is 2.13. The summed E-state index contributed by atoms with van der Waals surface area (Å²) in [5.41, 5.74) is 11.5. The summed E-state index contributed by atoms with van der Waals surface area (Å²) in [6.45, 7) is 4.26. The summed E-state index contributed by atoms with van der Waals surface area (Å²) < 4.78 is 0. The summed E-state index contributed by atoms with van der Waals surface area (Å²) in [5, 5.41) is 3.47. The molecule has 0 saturated carbocycles. The Morgan fingerprint density at radius 1 is 1.06 bits per heavy atom. The van der Waals surface area contributed by atoms with E-state index in [9.17, 15) is 0 Å². The summed E-state index contributed by atoms with van der Waals surface area (Å²) in [5.74, 6) is 0. The molecule has 0 aromatic heterocycles. The van der Waals surface area contributed by atoms with Crippen LogP contribution in [0.4, 0.5) is 17.1 Å². The lowest BCUT2D eigenvalue weighted by Gasteiger charge is -2.15. The normalized spacial score (nSPS) is 10.3. The number of aryl methyl sites for hydroxylation is 2. The minimum atomic E-state index is 0.793. The Labute approximate surface area is 109 Å². The molecule has 0 saturated heterocycles. The highest BCUT2D eigenvalue weighted by atomic mass is 14.9. The Hall–Kier alpha value is -1.96. The van der Waals surface area contributed by atoms with Gasteiger partial charge < -0.3 is 11.1 Å². The maximum Gasteiger partial charge on any atom is 0.0647 e. The highest BCUT2D eigenvalue weighted by Crippen LogP contribution is 2.28. The van der Waals surface area contributed by atoms with E-state index in [1.54, 1.807) is 0 Å². The van der Waals surface area contributed by atoms with E-state index in [0.717, 1.165) is 29.9 Å². The second-order valence-corrected chi connectivity index (χ2v) is 4.57. The van der Waals surface area contributed by atoms with Gasteiger partial charge in [-0.2, -0.15) is 0 Å². The maximum absolute atomic E-state index is 6.03. The minimum absolute atomic E-state index is 0.793. The minimum Gasteiger partial charge on any atom is -0.397 e.